The van der Waals surface area contributed by atoms with Crippen molar-refractivity contribution in [2.24, 2.45) is 17.1 Å². The van der Waals surface area contributed by atoms with Gasteiger partial charge in [-0.15, -0.1) is 0 Å². The minimum Gasteiger partial charge on any atom is -0.366 e. The summed E-state index contributed by atoms with van der Waals surface area (Å²) in [5.74, 6) is -0.0968. The van der Waals surface area contributed by atoms with Crippen molar-refractivity contribution in [2.45, 2.75) is 45.2 Å². The minimum absolute atomic E-state index is 0.0678. The molecule has 0 spiro atoms. The first-order chi connectivity index (χ1) is 10.6. The van der Waals surface area contributed by atoms with Crippen molar-refractivity contribution in [2.75, 3.05) is 0 Å². The second-order valence-corrected chi connectivity index (χ2v) is 7.33. The fourth-order valence-corrected chi connectivity index (χ4v) is 4.16. The van der Waals surface area contributed by atoms with E-state index in [1.165, 1.54) is 18.2 Å². The average Bonchev–Trinajstić information content (AvgIpc) is 2.38. The molecule has 0 aromatic heterocycles. The van der Waals surface area contributed by atoms with E-state index in [2.05, 4.69) is 13.8 Å². The van der Waals surface area contributed by atoms with Crippen molar-refractivity contribution in [3.63, 3.8) is 0 Å². The van der Waals surface area contributed by atoms with Gasteiger partial charge in [0, 0.05) is 6.08 Å². The lowest BCUT2D eigenvalue weighted by molar-refractivity contribution is -0.137. The molecule has 0 heterocycles. The highest BCUT2D eigenvalue weighted by Gasteiger charge is 2.46. The Morgan fingerprint density at radius 3 is 2.52 bits per heavy atom. The number of carbonyl (C=O) groups is 1. The molecule has 124 valence electrons. The van der Waals surface area contributed by atoms with Crippen LogP contribution in [0.25, 0.3) is 5.57 Å². The van der Waals surface area contributed by atoms with Crippen LogP contribution in [0.5, 0.6) is 0 Å². The largest absolute Gasteiger partial charge is 0.416 e. The van der Waals surface area contributed by atoms with Gasteiger partial charge in [0.2, 0.25) is 5.91 Å². The van der Waals surface area contributed by atoms with Gasteiger partial charge in [0.1, 0.15) is 0 Å². The number of fused-ring (bicyclic) bond motifs is 3. The molecule has 1 fully saturated rings. The van der Waals surface area contributed by atoms with E-state index in [-0.39, 0.29) is 11.3 Å². The molecule has 1 amide bonds. The standard InChI is InChI=1S/C18H20F3NO/c1-17(2)9-10(7-16(22)23)12-4-3-11(18(19,20)21)8-14(12)13-5-6-15(13)17/h3-4,7-8,13,15H,5-6,9H2,1-2H3,(H2,22,23)/b10-7+. The van der Waals surface area contributed by atoms with Gasteiger partial charge in [-0.3, -0.25) is 4.79 Å². The van der Waals surface area contributed by atoms with Gasteiger partial charge in [0.05, 0.1) is 5.56 Å². The monoisotopic (exact) mass is 323 g/mol. The van der Waals surface area contributed by atoms with Crippen molar-refractivity contribution in [1.82, 2.24) is 0 Å². The maximum Gasteiger partial charge on any atom is 0.416 e. The van der Waals surface area contributed by atoms with Crippen molar-refractivity contribution >= 4 is 11.5 Å². The van der Waals surface area contributed by atoms with Crippen molar-refractivity contribution in [1.29, 1.82) is 0 Å². The van der Waals surface area contributed by atoms with E-state index < -0.39 is 17.6 Å². The predicted octanol–water partition coefficient (Wildman–Crippen LogP) is 4.50. The van der Waals surface area contributed by atoms with Gasteiger partial charge in [-0.25, -0.2) is 0 Å². The van der Waals surface area contributed by atoms with Gasteiger partial charge in [-0.2, -0.15) is 13.2 Å². The van der Waals surface area contributed by atoms with Crippen LogP contribution in [0.2, 0.25) is 0 Å². The van der Waals surface area contributed by atoms with E-state index >= 15 is 0 Å². The number of allylic oxidation sites excluding steroid dienone is 1. The van der Waals surface area contributed by atoms with E-state index in [9.17, 15) is 18.0 Å². The third-order valence-electron chi connectivity index (χ3n) is 5.37. The first-order valence-corrected chi connectivity index (χ1v) is 7.81. The molecule has 2 atom stereocenters. The lowest BCUT2D eigenvalue weighted by Crippen LogP contribution is -2.35. The predicted molar refractivity (Wildman–Crippen MR) is 82.5 cm³/mol. The number of hydrogen-bond acceptors (Lipinski definition) is 1. The highest BCUT2D eigenvalue weighted by molar-refractivity contribution is 5.94. The zero-order chi connectivity index (χ0) is 17.0. The summed E-state index contributed by atoms with van der Waals surface area (Å²) in [5.41, 5.74) is 6.83. The molecule has 1 aromatic carbocycles. The Labute approximate surface area is 133 Å². The van der Waals surface area contributed by atoms with Crippen LogP contribution >= 0.6 is 0 Å². The summed E-state index contributed by atoms with van der Waals surface area (Å²) in [4.78, 5) is 11.4. The van der Waals surface area contributed by atoms with E-state index in [0.29, 0.717) is 17.9 Å². The molecule has 1 saturated carbocycles. The number of primary amides is 1. The molecule has 2 N–H and O–H groups in total. The smallest absolute Gasteiger partial charge is 0.366 e. The van der Waals surface area contributed by atoms with Gasteiger partial charge >= 0.3 is 6.18 Å². The number of amides is 1. The maximum atomic E-state index is 13.1. The molecule has 3 rings (SSSR count). The molecular weight excluding hydrogens is 303 g/mol. The third-order valence-corrected chi connectivity index (χ3v) is 5.37. The number of alkyl halides is 3. The minimum atomic E-state index is -4.36. The fraction of sp³-hybridized carbons (Fsp3) is 0.500. The summed E-state index contributed by atoms with van der Waals surface area (Å²) < 4.78 is 39.2. The van der Waals surface area contributed by atoms with Crippen molar-refractivity contribution in [3.8, 4) is 0 Å². The zero-order valence-electron chi connectivity index (χ0n) is 13.2. The first kappa shape index (κ1) is 16.1. The molecule has 0 bridgehead atoms. The molecular formula is C18H20F3NO. The Bertz CT molecular complexity index is 688. The summed E-state index contributed by atoms with van der Waals surface area (Å²) in [6, 6.07) is 3.87. The maximum absolute atomic E-state index is 13.1. The van der Waals surface area contributed by atoms with Crippen LogP contribution in [-0.2, 0) is 11.0 Å². The highest BCUT2D eigenvalue weighted by atomic mass is 19.4. The molecule has 0 saturated heterocycles. The van der Waals surface area contributed by atoms with Crippen LogP contribution < -0.4 is 5.73 Å². The fourth-order valence-electron chi connectivity index (χ4n) is 4.16. The van der Waals surface area contributed by atoms with Gasteiger partial charge in [-0.05, 0) is 65.3 Å². The number of benzene rings is 1. The summed E-state index contributed by atoms with van der Waals surface area (Å²) in [6.45, 7) is 4.24. The Kier molecular flexibility index (Phi) is 3.58. The quantitative estimate of drug-likeness (QED) is 0.760. The number of rotatable bonds is 1. The molecule has 0 radical (unpaired) electrons. The Morgan fingerprint density at radius 2 is 2.00 bits per heavy atom. The van der Waals surface area contributed by atoms with Gasteiger partial charge in [0.25, 0.3) is 0 Å². The molecule has 0 aliphatic heterocycles. The normalized spacial score (nSPS) is 27.6. The van der Waals surface area contributed by atoms with E-state index in [0.717, 1.165) is 30.0 Å². The van der Waals surface area contributed by atoms with Crippen LogP contribution in [0, 0.1) is 11.3 Å². The second kappa shape index (κ2) is 5.11. The Balaban J connectivity index is 2.19. The molecule has 2 aliphatic carbocycles. The van der Waals surface area contributed by atoms with Crippen LogP contribution in [0.15, 0.2) is 24.3 Å². The van der Waals surface area contributed by atoms with Crippen LogP contribution in [-0.4, -0.2) is 5.91 Å². The van der Waals surface area contributed by atoms with Gasteiger partial charge in [0.15, 0.2) is 0 Å². The van der Waals surface area contributed by atoms with Gasteiger partial charge in [-0.1, -0.05) is 19.9 Å². The second-order valence-electron chi connectivity index (χ2n) is 7.33. The summed E-state index contributed by atoms with van der Waals surface area (Å²) in [6.07, 6.45) is -0.429. The molecule has 2 aliphatic rings. The first-order valence-electron chi connectivity index (χ1n) is 7.81. The molecule has 5 heteroatoms. The molecule has 23 heavy (non-hydrogen) atoms. The van der Waals surface area contributed by atoms with Gasteiger partial charge < -0.3 is 5.73 Å². The number of nitrogens with two attached hydrogens (primary N) is 1. The lowest BCUT2D eigenvalue weighted by atomic mass is 9.59. The molecule has 2 unspecified atom stereocenters. The van der Waals surface area contributed by atoms with E-state index in [1.54, 1.807) is 0 Å². The lowest BCUT2D eigenvalue weighted by Gasteiger charge is -2.46. The third kappa shape index (κ3) is 2.77. The SMILES string of the molecule is CC1(C)C/C(=C\C(N)=O)c2ccc(C(F)(F)F)cc2C2CCC21. The van der Waals surface area contributed by atoms with Crippen molar-refractivity contribution in [3.05, 3.63) is 41.0 Å². The number of halogens is 3. The number of carbonyl (C=O) groups excluding carboxylic acids is 1. The Hall–Kier alpha value is -1.78. The summed E-state index contributed by atoms with van der Waals surface area (Å²) in [7, 11) is 0. The zero-order valence-corrected chi connectivity index (χ0v) is 13.2. The topological polar surface area (TPSA) is 43.1 Å². The van der Waals surface area contributed by atoms with Crippen molar-refractivity contribution < 1.29 is 18.0 Å². The summed E-state index contributed by atoms with van der Waals surface area (Å²) >= 11 is 0. The van der Waals surface area contributed by atoms with Crippen LogP contribution in [0.4, 0.5) is 13.2 Å². The summed E-state index contributed by atoms with van der Waals surface area (Å²) in [5, 5.41) is 0. The van der Waals surface area contributed by atoms with Crippen LogP contribution in [0.3, 0.4) is 0 Å². The van der Waals surface area contributed by atoms with Crippen LogP contribution in [0.1, 0.15) is 55.7 Å². The molecule has 2 nitrogen and oxygen atoms in total. The highest BCUT2D eigenvalue weighted by Crippen LogP contribution is 2.58. The number of hydrogen-bond donors (Lipinski definition) is 1. The van der Waals surface area contributed by atoms with E-state index in [1.807, 2.05) is 0 Å². The Morgan fingerprint density at radius 1 is 1.30 bits per heavy atom. The average molecular weight is 323 g/mol. The molecule has 1 aromatic rings. The van der Waals surface area contributed by atoms with E-state index in [4.69, 9.17) is 5.73 Å².